The average molecular weight is 482 g/mol. The molecule has 0 saturated carbocycles. The third kappa shape index (κ3) is 4.43. The summed E-state index contributed by atoms with van der Waals surface area (Å²) in [5.74, 6) is 0. The minimum Gasteiger partial charge on any atom is -0.368 e. The summed E-state index contributed by atoms with van der Waals surface area (Å²) in [6.45, 7) is 7.28. The van der Waals surface area contributed by atoms with Gasteiger partial charge in [0.2, 0.25) is 0 Å². The van der Waals surface area contributed by atoms with Crippen LogP contribution in [0.4, 0.5) is 5.69 Å². The van der Waals surface area contributed by atoms with Crippen LogP contribution in [-0.2, 0) is 6.54 Å². The first kappa shape index (κ1) is 22.1. The van der Waals surface area contributed by atoms with Gasteiger partial charge in [-0.25, -0.2) is 4.98 Å². The second-order valence-electron chi connectivity index (χ2n) is 8.54. The summed E-state index contributed by atoms with van der Waals surface area (Å²) in [4.78, 5) is 26.8. The molecule has 0 radical (unpaired) electrons. The molecule has 8 heteroatoms. The number of aromatic nitrogens is 3. The van der Waals surface area contributed by atoms with Gasteiger partial charge in [0, 0.05) is 44.3 Å². The Bertz CT molecular complexity index is 1380. The summed E-state index contributed by atoms with van der Waals surface area (Å²) in [7, 11) is 0. The van der Waals surface area contributed by atoms with E-state index in [9.17, 15) is 4.79 Å². The standard InChI is InChI=1S/C25H25Cl2N5O/c1-17-6-7-21-18(14-17)24-19(15-28-21)25(33)32(16-29-24)9-3-8-30-10-12-31(13-11-30)22-5-2-4-20(26)23(22)27/h2,4-7,14-16H,3,8-13H2,1H3. The second kappa shape index (κ2) is 9.29. The molecule has 1 fully saturated rings. The van der Waals surface area contributed by atoms with E-state index in [0.29, 0.717) is 22.0 Å². The smallest absolute Gasteiger partial charge is 0.262 e. The lowest BCUT2D eigenvalue weighted by molar-refractivity contribution is 0.250. The van der Waals surface area contributed by atoms with Crippen LogP contribution in [0.2, 0.25) is 10.0 Å². The van der Waals surface area contributed by atoms with Crippen molar-refractivity contribution in [1.82, 2.24) is 19.4 Å². The number of hydrogen-bond acceptors (Lipinski definition) is 5. The number of pyridine rings is 1. The van der Waals surface area contributed by atoms with Crippen molar-refractivity contribution in [3.8, 4) is 0 Å². The van der Waals surface area contributed by atoms with Crippen molar-refractivity contribution >= 4 is 50.7 Å². The first-order valence-electron chi connectivity index (χ1n) is 11.2. The first-order valence-corrected chi connectivity index (χ1v) is 11.9. The molecule has 1 saturated heterocycles. The minimum atomic E-state index is -0.0312. The van der Waals surface area contributed by atoms with E-state index in [2.05, 4.69) is 19.8 Å². The van der Waals surface area contributed by atoms with E-state index < -0.39 is 0 Å². The number of piperazine rings is 1. The first-order chi connectivity index (χ1) is 16.0. The van der Waals surface area contributed by atoms with Crippen molar-refractivity contribution in [3.05, 3.63) is 74.9 Å². The van der Waals surface area contributed by atoms with Crippen LogP contribution in [0.1, 0.15) is 12.0 Å². The topological polar surface area (TPSA) is 54.3 Å². The summed E-state index contributed by atoms with van der Waals surface area (Å²) >= 11 is 12.5. The van der Waals surface area contributed by atoms with Gasteiger partial charge >= 0.3 is 0 Å². The fourth-order valence-electron chi connectivity index (χ4n) is 4.50. The van der Waals surface area contributed by atoms with Gasteiger partial charge in [0.05, 0.1) is 38.5 Å². The van der Waals surface area contributed by atoms with Gasteiger partial charge in [0.1, 0.15) is 0 Å². The van der Waals surface area contributed by atoms with Crippen LogP contribution in [-0.4, -0.2) is 52.2 Å². The third-order valence-corrected chi connectivity index (χ3v) is 7.14. The molecule has 0 aliphatic carbocycles. The molecular formula is C25H25Cl2N5O. The number of aryl methyl sites for hydroxylation is 2. The molecule has 1 aliphatic rings. The van der Waals surface area contributed by atoms with Crippen LogP contribution in [0, 0.1) is 6.92 Å². The molecule has 0 unspecified atom stereocenters. The second-order valence-corrected chi connectivity index (χ2v) is 9.32. The van der Waals surface area contributed by atoms with E-state index in [1.165, 1.54) is 0 Å². The minimum absolute atomic E-state index is 0.0312. The van der Waals surface area contributed by atoms with Crippen LogP contribution in [0.25, 0.3) is 21.8 Å². The van der Waals surface area contributed by atoms with E-state index >= 15 is 0 Å². The molecule has 4 aromatic rings. The lowest BCUT2D eigenvalue weighted by atomic mass is 10.1. The zero-order chi connectivity index (χ0) is 22.9. The van der Waals surface area contributed by atoms with E-state index in [1.54, 1.807) is 17.1 Å². The van der Waals surface area contributed by atoms with Gasteiger partial charge in [-0.2, -0.15) is 0 Å². The maximum atomic E-state index is 13.0. The van der Waals surface area contributed by atoms with E-state index in [1.807, 2.05) is 43.3 Å². The number of rotatable bonds is 5. The Balaban J connectivity index is 1.22. The third-order valence-electron chi connectivity index (χ3n) is 6.33. The highest BCUT2D eigenvalue weighted by Gasteiger charge is 2.19. The van der Waals surface area contributed by atoms with Crippen molar-refractivity contribution in [2.24, 2.45) is 0 Å². The van der Waals surface area contributed by atoms with Gasteiger partial charge in [-0.05, 0) is 44.2 Å². The molecule has 2 aromatic heterocycles. The molecule has 33 heavy (non-hydrogen) atoms. The van der Waals surface area contributed by atoms with E-state index in [-0.39, 0.29) is 5.56 Å². The fraction of sp³-hybridized carbons (Fsp3) is 0.320. The molecule has 2 aromatic carbocycles. The maximum absolute atomic E-state index is 13.0. The van der Waals surface area contributed by atoms with E-state index in [4.69, 9.17) is 23.2 Å². The molecule has 0 amide bonds. The Kier molecular flexibility index (Phi) is 6.23. The van der Waals surface area contributed by atoms with Gasteiger partial charge in [0.25, 0.3) is 5.56 Å². The van der Waals surface area contributed by atoms with Crippen LogP contribution in [0.3, 0.4) is 0 Å². The molecule has 6 nitrogen and oxygen atoms in total. The summed E-state index contributed by atoms with van der Waals surface area (Å²) < 4.78 is 1.70. The van der Waals surface area contributed by atoms with Gasteiger partial charge in [-0.3, -0.25) is 19.2 Å². The number of fused-ring (bicyclic) bond motifs is 3. The Hall–Kier alpha value is -2.67. The van der Waals surface area contributed by atoms with Crippen molar-refractivity contribution in [3.63, 3.8) is 0 Å². The zero-order valence-corrected chi connectivity index (χ0v) is 20.0. The Labute approximate surface area is 202 Å². The van der Waals surface area contributed by atoms with Gasteiger partial charge in [-0.15, -0.1) is 0 Å². The highest BCUT2D eigenvalue weighted by Crippen LogP contribution is 2.32. The van der Waals surface area contributed by atoms with Crippen molar-refractivity contribution < 1.29 is 0 Å². The predicted molar refractivity (Wildman–Crippen MR) is 136 cm³/mol. The lowest BCUT2D eigenvalue weighted by Gasteiger charge is -2.36. The SMILES string of the molecule is Cc1ccc2ncc3c(=O)n(CCCN4CCN(c5cccc(Cl)c5Cl)CC4)cnc3c2c1. The molecular weight excluding hydrogens is 457 g/mol. The van der Waals surface area contributed by atoms with Crippen LogP contribution in [0.5, 0.6) is 0 Å². The summed E-state index contributed by atoms with van der Waals surface area (Å²) in [6, 6.07) is 11.8. The van der Waals surface area contributed by atoms with Crippen LogP contribution in [0.15, 0.2) is 53.7 Å². The molecule has 0 atom stereocenters. The average Bonchev–Trinajstić information content (AvgIpc) is 2.82. The monoisotopic (exact) mass is 481 g/mol. The predicted octanol–water partition coefficient (Wildman–Crippen LogP) is 4.77. The Morgan fingerprint density at radius 2 is 1.79 bits per heavy atom. The van der Waals surface area contributed by atoms with Crippen molar-refractivity contribution in [1.29, 1.82) is 0 Å². The van der Waals surface area contributed by atoms with Gasteiger partial charge in [-0.1, -0.05) is 40.9 Å². The fourth-order valence-corrected chi connectivity index (χ4v) is 4.91. The van der Waals surface area contributed by atoms with Gasteiger partial charge in [0.15, 0.2) is 0 Å². The van der Waals surface area contributed by atoms with Crippen LogP contribution >= 0.6 is 23.2 Å². The Morgan fingerprint density at radius 3 is 2.61 bits per heavy atom. The largest absolute Gasteiger partial charge is 0.368 e. The van der Waals surface area contributed by atoms with Crippen molar-refractivity contribution in [2.45, 2.75) is 19.9 Å². The zero-order valence-electron chi connectivity index (χ0n) is 18.5. The lowest BCUT2D eigenvalue weighted by Crippen LogP contribution is -2.47. The number of hydrogen-bond donors (Lipinski definition) is 0. The van der Waals surface area contributed by atoms with Crippen molar-refractivity contribution in [2.75, 3.05) is 37.6 Å². The summed E-state index contributed by atoms with van der Waals surface area (Å²) in [6.07, 6.45) is 4.20. The highest BCUT2D eigenvalue weighted by atomic mass is 35.5. The molecule has 1 aliphatic heterocycles. The van der Waals surface area contributed by atoms with Crippen LogP contribution < -0.4 is 10.5 Å². The molecule has 170 valence electrons. The van der Waals surface area contributed by atoms with E-state index in [0.717, 1.165) is 66.8 Å². The number of nitrogens with zero attached hydrogens (tertiary/aromatic N) is 5. The highest BCUT2D eigenvalue weighted by molar-refractivity contribution is 6.43. The Morgan fingerprint density at radius 1 is 0.970 bits per heavy atom. The molecule has 0 spiro atoms. The number of halogens is 2. The molecule has 0 N–H and O–H groups in total. The number of anilines is 1. The van der Waals surface area contributed by atoms with Gasteiger partial charge < -0.3 is 4.90 Å². The summed E-state index contributed by atoms with van der Waals surface area (Å²) in [5.41, 5.74) is 3.67. The molecule has 5 rings (SSSR count). The molecule has 3 heterocycles. The number of benzene rings is 2. The normalized spacial score (nSPS) is 14.9. The molecule has 0 bridgehead atoms. The summed E-state index contributed by atoms with van der Waals surface area (Å²) in [5, 5.41) is 2.70. The maximum Gasteiger partial charge on any atom is 0.262 e. The quantitative estimate of drug-likeness (QED) is 0.384.